The molecule has 0 spiro atoms. The molecular formula is C50H33NO. The third-order valence-corrected chi connectivity index (χ3v) is 10.2. The van der Waals surface area contributed by atoms with Crippen LogP contribution in [-0.2, 0) is 0 Å². The van der Waals surface area contributed by atoms with Crippen molar-refractivity contribution in [2.24, 2.45) is 0 Å². The van der Waals surface area contributed by atoms with Crippen molar-refractivity contribution in [3.8, 4) is 33.4 Å². The molecule has 0 unspecified atom stereocenters. The third kappa shape index (κ3) is 4.96. The maximum atomic E-state index is 6.96. The summed E-state index contributed by atoms with van der Waals surface area (Å²) >= 11 is 0. The molecule has 52 heavy (non-hydrogen) atoms. The normalized spacial score (nSPS) is 11.5. The lowest BCUT2D eigenvalue weighted by Crippen LogP contribution is -2.11. The van der Waals surface area contributed by atoms with Gasteiger partial charge < -0.3 is 9.32 Å². The Balaban J connectivity index is 1.23. The fourth-order valence-corrected chi connectivity index (χ4v) is 7.84. The minimum absolute atomic E-state index is 0.897. The average molecular weight is 664 g/mol. The van der Waals surface area contributed by atoms with Gasteiger partial charge in [0.1, 0.15) is 11.2 Å². The molecule has 10 rings (SSSR count). The second-order valence-electron chi connectivity index (χ2n) is 13.3. The number of furan rings is 1. The number of hydrogen-bond donors (Lipinski definition) is 0. The van der Waals surface area contributed by atoms with Crippen molar-refractivity contribution in [3.05, 3.63) is 200 Å². The predicted octanol–water partition coefficient (Wildman–Crippen LogP) is 14.4. The van der Waals surface area contributed by atoms with Crippen molar-refractivity contribution >= 4 is 60.5 Å². The van der Waals surface area contributed by atoms with Crippen molar-refractivity contribution in [3.63, 3.8) is 0 Å². The fraction of sp³-hybridized carbons (Fsp3) is 0. The summed E-state index contributed by atoms with van der Waals surface area (Å²) in [5.41, 5.74) is 12.1. The number of para-hydroxylation sites is 2. The predicted molar refractivity (Wildman–Crippen MR) is 220 cm³/mol. The lowest BCUT2D eigenvalue weighted by Gasteiger charge is -2.29. The molecule has 0 aliphatic rings. The molecule has 244 valence electrons. The lowest BCUT2D eigenvalue weighted by atomic mass is 9.95. The van der Waals surface area contributed by atoms with Crippen LogP contribution < -0.4 is 4.90 Å². The first-order valence-corrected chi connectivity index (χ1v) is 17.8. The molecule has 0 saturated heterocycles. The summed E-state index contributed by atoms with van der Waals surface area (Å²) in [4.78, 5) is 2.42. The molecular weight excluding hydrogens is 631 g/mol. The molecule has 0 atom stereocenters. The van der Waals surface area contributed by atoms with Gasteiger partial charge in [-0.1, -0.05) is 170 Å². The molecule has 0 aliphatic carbocycles. The molecule has 1 aromatic heterocycles. The summed E-state index contributed by atoms with van der Waals surface area (Å²) in [7, 11) is 0. The Morgan fingerprint density at radius 1 is 0.288 bits per heavy atom. The van der Waals surface area contributed by atoms with Gasteiger partial charge in [-0.3, -0.25) is 0 Å². The average Bonchev–Trinajstić information content (AvgIpc) is 3.61. The van der Waals surface area contributed by atoms with Crippen LogP contribution in [0.2, 0.25) is 0 Å². The van der Waals surface area contributed by atoms with Crippen LogP contribution in [0.1, 0.15) is 0 Å². The van der Waals surface area contributed by atoms with Gasteiger partial charge >= 0.3 is 0 Å². The van der Waals surface area contributed by atoms with Crippen molar-refractivity contribution < 1.29 is 4.42 Å². The lowest BCUT2D eigenvalue weighted by molar-refractivity contribution is 0.674. The van der Waals surface area contributed by atoms with Gasteiger partial charge in [0.05, 0.1) is 11.4 Å². The molecule has 0 bridgehead atoms. The standard InChI is InChI=1S/C50H33NO/c1-4-16-34(17-5-1)36-20-14-21-37(32-36)40-28-15-29-45-46-33-48(43-26-12-13-27-44(43)50(46)52-49(40)45)51(38-22-8-3-9-23-38)47-31-30-39(35-18-6-2-7-19-35)41-24-10-11-25-42(41)47/h1-33H. The van der Waals surface area contributed by atoms with Crippen LogP contribution in [0.15, 0.2) is 205 Å². The number of fused-ring (bicyclic) bond motifs is 6. The van der Waals surface area contributed by atoms with Gasteiger partial charge in [-0.25, -0.2) is 0 Å². The summed E-state index contributed by atoms with van der Waals surface area (Å²) in [5.74, 6) is 0. The summed E-state index contributed by atoms with van der Waals surface area (Å²) in [6.45, 7) is 0. The summed E-state index contributed by atoms with van der Waals surface area (Å²) in [6, 6.07) is 71.5. The number of rotatable bonds is 6. The first-order valence-electron chi connectivity index (χ1n) is 17.8. The molecule has 2 heteroatoms. The SMILES string of the molecule is c1ccc(-c2cccc(-c3cccc4c3oc3c5ccccc5c(N(c5ccccc5)c5ccc(-c6ccccc6)c6ccccc56)cc43)c2)cc1. The highest BCUT2D eigenvalue weighted by molar-refractivity contribution is 6.22. The molecule has 0 aliphatic heterocycles. The highest BCUT2D eigenvalue weighted by atomic mass is 16.3. The molecule has 0 fully saturated rings. The van der Waals surface area contributed by atoms with Gasteiger partial charge in [-0.15, -0.1) is 0 Å². The van der Waals surface area contributed by atoms with Crippen LogP contribution >= 0.6 is 0 Å². The number of benzene rings is 9. The Labute approximate surface area is 302 Å². The molecule has 2 nitrogen and oxygen atoms in total. The van der Waals surface area contributed by atoms with E-state index in [0.29, 0.717) is 0 Å². The highest BCUT2D eigenvalue weighted by Gasteiger charge is 2.23. The minimum atomic E-state index is 0.897. The molecule has 0 saturated carbocycles. The molecule has 1 heterocycles. The van der Waals surface area contributed by atoms with Crippen molar-refractivity contribution in [2.75, 3.05) is 4.90 Å². The number of nitrogens with zero attached hydrogens (tertiary/aromatic N) is 1. The van der Waals surface area contributed by atoms with E-state index in [1.165, 1.54) is 33.0 Å². The van der Waals surface area contributed by atoms with Crippen LogP contribution in [-0.4, -0.2) is 0 Å². The zero-order valence-electron chi connectivity index (χ0n) is 28.4. The second kappa shape index (κ2) is 12.5. The zero-order chi connectivity index (χ0) is 34.4. The Bertz CT molecular complexity index is 2890. The van der Waals surface area contributed by atoms with Gasteiger partial charge in [0.25, 0.3) is 0 Å². The Kier molecular flexibility index (Phi) is 7.18. The van der Waals surface area contributed by atoms with Crippen LogP contribution in [0.25, 0.3) is 76.9 Å². The Morgan fingerprint density at radius 3 is 1.58 bits per heavy atom. The maximum absolute atomic E-state index is 6.96. The topological polar surface area (TPSA) is 16.4 Å². The van der Waals surface area contributed by atoms with Crippen LogP contribution in [0.4, 0.5) is 17.1 Å². The van der Waals surface area contributed by atoms with Gasteiger partial charge in [0.2, 0.25) is 0 Å². The number of anilines is 3. The summed E-state index contributed by atoms with van der Waals surface area (Å²) < 4.78 is 6.96. The van der Waals surface area contributed by atoms with E-state index in [9.17, 15) is 0 Å². The summed E-state index contributed by atoms with van der Waals surface area (Å²) in [6.07, 6.45) is 0. The van der Waals surface area contributed by atoms with E-state index in [1.54, 1.807) is 0 Å². The van der Waals surface area contributed by atoms with Crippen molar-refractivity contribution in [2.45, 2.75) is 0 Å². The Hall–Kier alpha value is -6.90. The molecule has 0 radical (unpaired) electrons. The number of hydrogen-bond acceptors (Lipinski definition) is 2. The van der Waals surface area contributed by atoms with Crippen LogP contribution in [0.5, 0.6) is 0 Å². The van der Waals surface area contributed by atoms with E-state index in [4.69, 9.17) is 4.42 Å². The zero-order valence-corrected chi connectivity index (χ0v) is 28.4. The first kappa shape index (κ1) is 30.0. The molecule has 10 aromatic rings. The van der Waals surface area contributed by atoms with Gasteiger partial charge in [0.15, 0.2) is 0 Å². The second-order valence-corrected chi connectivity index (χ2v) is 13.3. The quantitative estimate of drug-likeness (QED) is 0.176. The molecule has 9 aromatic carbocycles. The van der Waals surface area contributed by atoms with E-state index in [-0.39, 0.29) is 0 Å². The fourth-order valence-electron chi connectivity index (χ4n) is 7.84. The molecule has 0 amide bonds. The molecule has 0 N–H and O–H groups in total. The Morgan fingerprint density at radius 2 is 0.827 bits per heavy atom. The van der Waals surface area contributed by atoms with Crippen molar-refractivity contribution in [1.82, 2.24) is 0 Å². The smallest absolute Gasteiger partial charge is 0.143 e. The van der Waals surface area contributed by atoms with E-state index < -0.39 is 0 Å². The van der Waals surface area contributed by atoms with E-state index in [1.807, 2.05) is 0 Å². The maximum Gasteiger partial charge on any atom is 0.143 e. The highest BCUT2D eigenvalue weighted by Crippen LogP contribution is 2.48. The van der Waals surface area contributed by atoms with Crippen molar-refractivity contribution in [1.29, 1.82) is 0 Å². The van der Waals surface area contributed by atoms with Gasteiger partial charge in [-0.05, 0) is 63.5 Å². The van der Waals surface area contributed by atoms with E-state index in [2.05, 4.69) is 205 Å². The van der Waals surface area contributed by atoms with Gasteiger partial charge in [-0.2, -0.15) is 0 Å². The monoisotopic (exact) mass is 663 g/mol. The largest absolute Gasteiger partial charge is 0.455 e. The van der Waals surface area contributed by atoms with E-state index >= 15 is 0 Å². The third-order valence-electron chi connectivity index (χ3n) is 10.2. The van der Waals surface area contributed by atoms with Crippen LogP contribution in [0.3, 0.4) is 0 Å². The summed E-state index contributed by atoms with van der Waals surface area (Å²) in [5, 5.41) is 6.81. The van der Waals surface area contributed by atoms with Crippen LogP contribution in [0, 0.1) is 0 Å². The van der Waals surface area contributed by atoms with E-state index in [0.717, 1.165) is 60.9 Å². The first-order chi connectivity index (χ1) is 25.8. The minimum Gasteiger partial charge on any atom is -0.455 e. The van der Waals surface area contributed by atoms with Gasteiger partial charge in [0, 0.05) is 38.2 Å².